The van der Waals surface area contributed by atoms with Gasteiger partial charge >= 0.3 is 5.16 Å². The van der Waals surface area contributed by atoms with Crippen molar-refractivity contribution in [2.45, 2.75) is 16.6 Å². The zero-order valence-electron chi connectivity index (χ0n) is 19.5. The first-order chi connectivity index (χ1) is 17.5. The quantitative estimate of drug-likeness (QED) is 0.0543. The number of carboxylic acid groups (broad SMARTS) is 1. The van der Waals surface area contributed by atoms with E-state index in [4.69, 9.17) is 27.8 Å². The number of nitrogens with two attached hydrogens (primary N) is 4. The van der Waals surface area contributed by atoms with Crippen LogP contribution in [-0.2, 0) is 26.3 Å². The Morgan fingerprint density at radius 2 is 2.08 bits per heavy atom. The molecule has 0 saturated carbocycles. The van der Waals surface area contributed by atoms with Crippen molar-refractivity contribution in [1.29, 1.82) is 0 Å². The fourth-order valence-corrected chi connectivity index (χ4v) is 6.64. The number of hydrogen-bond acceptors (Lipinski definition) is 15. The van der Waals surface area contributed by atoms with E-state index in [1.54, 1.807) is 7.05 Å². The van der Waals surface area contributed by atoms with Crippen molar-refractivity contribution < 1.29 is 28.9 Å². The predicted molar refractivity (Wildman–Crippen MR) is 137 cm³/mol. The predicted octanol–water partition coefficient (Wildman–Crippen LogP) is -2.76. The Balaban J connectivity index is 1.51. The summed E-state index contributed by atoms with van der Waals surface area (Å²) in [5, 5.41) is 19.8. The number of nitrogen functional groups attached to an aromatic ring is 4. The Hall–Kier alpha value is -3.77. The van der Waals surface area contributed by atoms with Gasteiger partial charge in [-0.1, -0.05) is 10.1 Å². The molecule has 2 aliphatic rings. The highest BCUT2D eigenvalue weighted by atomic mass is 32.2. The second-order valence-electron chi connectivity index (χ2n) is 7.72. The molecule has 196 valence electrons. The molecule has 2 aliphatic heterocycles. The summed E-state index contributed by atoms with van der Waals surface area (Å²) in [6.45, 7) is 0. The van der Waals surface area contributed by atoms with E-state index in [0.29, 0.717) is 10.7 Å². The number of amides is 2. The van der Waals surface area contributed by atoms with Crippen molar-refractivity contribution in [2.24, 2.45) is 12.2 Å². The Morgan fingerprint density at radius 3 is 2.70 bits per heavy atom. The molecule has 37 heavy (non-hydrogen) atoms. The second kappa shape index (κ2) is 10.3. The number of fused-ring (bicyclic) bond motifs is 1. The van der Waals surface area contributed by atoms with Crippen molar-refractivity contribution in [1.82, 2.24) is 20.2 Å². The number of nitrogens with one attached hydrogen (secondary N) is 1. The summed E-state index contributed by atoms with van der Waals surface area (Å²) in [5.41, 5.74) is 23.5. The van der Waals surface area contributed by atoms with Gasteiger partial charge in [-0.05, 0) is 17.3 Å². The minimum absolute atomic E-state index is 0.0542. The van der Waals surface area contributed by atoms with E-state index in [1.807, 2.05) is 0 Å². The minimum atomic E-state index is -1.51. The SMILES string of the molecule is CO/N=C(\C(=O)NC1C(=O)N2C(C(=O)[O-])=C(CSc3nc(N)c(N)c(N)[n+]3C)CS[C@H]12)c1csc(N)n1. The first kappa shape index (κ1) is 26.3. The van der Waals surface area contributed by atoms with Crippen molar-refractivity contribution in [2.75, 3.05) is 41.6 Å². The number of anilines is 4. The molecule has 0 radical (unpaired) electrons. The van der Waals surface area contributed by atoms with Gasteiger partial charge in [-0.25, -0.2) is 9.55 Å². The largest absolute Gasteiger partial charge is 0.543 e. The van der Waals surface area contributed by atoms with Gasteiger partial charge in [0.25, 0.3) is 11.8 Å². The van der Waals surface area contributed by atoms with Crippen molar-refractivity contribution in [3.63, 3.8) is 0 Å². The van der Waals surface area contributed by atoms with Crippen molar-refractivity contribution >= 4 is 80.8 Å². The number of carbonyl (C=O) groups excluding carboxylic acids is 3. The molecule has 4 rings (SSSR count). The zero-order valence-corrected chi connectivity index (χ0v) is 21.9. The molecule has 2 atom stereocenters. The maximum Gasteiger partial charge on any atom is 0.301 e. The van der Waals surface area contributed by atoms with Crippen LogP contribution in [0.25, 0.3) is 0 Å². The molecule has 0 aromatic carbocycles. The van der Waals surface area contributed by atoms with Gasteiger partial charge in [0.15, 0.2) is 16.5 Å². The van der Waals surface area contributed by atoms with Crippen molar-refractivity contribution in [3.8, 4) is 0 Å². The van der Waals surface area contributed by atoms with Crippen LogP contribution < -0.4 is 37.9 Å². The summed E-state index contributed by atoms with van der Waals surface area (Å²) >= 11 is 3.58. The van der Waals surface area contributed by atoms with Gasteiger partial charge in [0.05, 0.1) is 18.7 Å². The second-order valence-corrected chi connectivity index (χ2v) is 10.7. The number of aromatic nitrogens is 3. The lowest BCUT2D eigenvalue weighted by atomic mass is 10.0. The molecule has 2 aromatic heterocycles. The van der Waals surface area contributed by atoms with Crippen LogP contribution in [0.4, 0.5) is 22.5 Å². The van der Waals surface area contributed by atoms with Crippen LogP contribution in [0.3, 0.4) is 0 Å². The fourth-order valence-electron chi connectivity index (χ4n) is 3.62. The lowest BCUT2D eigenvalue weighted by molar-refractivity contribution is -0.698. The zero-order chi connectivity index (χ0) is 27.0. The molecule has 9 N–H and O–H groups in total. The van der Waals surface area contributed by atoms with Gasteiger partial charge in [0.2, 0.25) is 11.6 Å². The van der Waals surface area contributed by atoms with E-state index in [2.05, 4.69) is 20.4 Å². The Morgan fingerprint density at radius 1 is 1.35 bits per heavy atom. The highest BCUT2D eigenvalue weighted by Crippen LogP contribution is 2.41. The average molecular weight is 567 g/mol. The van der Waals surface area contributed by atoms with E-state index in [0.717, 1.165) is 16.2 Å². The third kappa shape index (κ3) is 4.81. The summed E-state index contributed by atoms with van der Waals surface area (Å²) in [5.74, 6) is -2.12. The number of oxime groups is 1. The fraction of sp³-hybridized carbons (Fsp3) is 0.316. The Labute approximate surface area is 222 Å². The number of rotatable bonds is 8. The number of thiazole rings is 1. The van der Waals surface area contributed by atoms with Crippen LogP contribution in [0, 0.1) is 0 Å². The lowest BCUT2D eigenvalue weighted by Crippen LogP contribution is -2.71. The molecule has 0 spiro atoms. The molecule has 2 amide bonds. The molecular weight excluding hydrogens is 544 g/mol. The van der Waals surface area contributed by atoms with E-state index >= 15 is 0 Å². The number of β-lactam (4-membered cyclic amide) rings is 1. The normalized spacial score (nSPS) is 19.4. The lowest BCUT2D eigenvalue weighted by Gasteiger charge is -2.50. The number of carboxylic acids is 1. The standard InChI is InChI=1S/C19H22N10O5S3/c1-28-13(22)8(20)12(21)26-19(28)37-4-6-3-35-16-10(15(31)29(16)11(6)17(32)33)25-14(30)9(27-34-2)7-5-36-18(23)24-7/h5,10,16H,3-4H2,1-2H3,(H9,20,21,22,23,24,25,27,30,32,33)/t10?,16-/m1/s1. The van der Waals surface area contributed by atoms with Gasteiger partial charge < -0.3 is 43.0 Å². The average Bonchev–Trinajstić information content (AvgIpc) is 3.30. The molecule has 1 unspecified atom stereocenters. The number of thioether (sulfide) groups is 2. The smallest absolute Gasteiger partial charge is 0.301 e. The first-order valence-electron chi connectivity index (χ1n) is 10.4. The number of aliphatic carboxylic acids is 1. The van der Waals surface area contributed by atoms with E-state index in [-0.39, 0.29) is 51.1 Å². The monoisotopic (exact) mass is 566 g/mol. The maximum absolute atomic E-state index is 13.0. The first-order valence-corrected chi connectivity index (χ1v) is 13.3. The number of nitrogens with zero attached hydrogens (tertiary/aromatic N) is 5. The van der Waals surface area contributed by atoms with Gasteiger partial charge in [0.1, 0.15) is 24.2 Å². The van der Waals surface area contributed by atoms with Gasteiger partial charge in [0, 0.05) is 16.9 Å². The van der Waals surface area contributed by atoms with Crippen LogP contribution in [-0.4, -0.2) is 68.4 Å². The molecule has 4 heterocycles. The molecule has 0 bridgehead atoms. The summed E-state index contributed by atoms with van der Waals surface area (Å²) in [6.07, 6.45) is 0. The number of carbonyl (C=O) groups is 3. The molecule has 18 heteroatoms. The molecule has 0 aliphatic carbocycles. The summed E-state index contributed by atoms with van der Waals surface area (Å²) in [6, 6.07) is -0.991. The van der Waals surface area contributed by atoms with Gasteiger partial charge in [-0.15, -0.1) is 23.1 Å². The van der Waals surface area contributed by atoms with Crippen LogP contribution in [0.5, 0.6) is 0 Å². The Kier molecular flexibility index (Phi) is 7.32. The highest BCUT2D eigenvalue weighted by molar-refractivity contribution is 8.01. The van der Waals surface area contributed by atoms with E-state index < -0.39 is 29.2 Å². The Bertz CT molecular complexity index is 1360. The van der Waals surface area contributed by atoms with Crippen LogP contribution in [0.15, 0.2) is 27.0 Å². The molecular formula is C19H22N10O5S3. The number of hydrogen-bond donors (Lipinski definition) is 5. The molecule has 1 saturated heterocycles. The molecule has 2 aromatic rings. The maximum atomic E-state index is 13.0. The van der Waals surface area contributed by atoms with Crippen LogP contribution in [0.1, 0.15) is 5.69 Å². The van der Waals surface area contributed by atoms with Gasteiger partial charge in [-0.3, -0.25) is 14.5 Å². The van der Waals surface area contributed by atoms with Crippen molar-refractivity contribution in [3.05, 3.63) is 22.3 Å². The summed E-state index contributed by atoms with van der Waals surface area (Å²) in [4.78, 5) is 51.9. The van der Waals surface area contributed by atoms with Crippen LogP contribution >= 0.6 is 34.9 Å². The summed E-state index contributed by atoms with van der Waals surface area (Å²) in [7, 11) is 2.91. The third-order valence-electron chi connectivity index (χ3n) is 5.48. The summed E-state index contributed by atoms with van der Waals surface area (Å²) < 4.78 is 1.53. The van der Waals surface area contributed by atoms with E-state index in [9.17, 15) is 19.5 Å². The molecule has 1 fully saturated rings. The van der Waals surface area contributed by atoms with Crippen LogP contribution in [0.2, 0.25) is 0 Å². The van der Waals surface area contributed by atoms with E-state index in [1.165, 1.54) is 40.6 Å². The topological polar surface area (TPSA) is 245 Å². The minimum Gasteiger partial charge on any atom is -0.543 e. The van der Waals surface area contributed by atoms with Gasteiger partial charge in [-0.2, -0.15) is 0 Å². The highest BCUT2D eigenvalue weighted by Gasteiger charge is 2.53. The molecule has 15 nitrogen and oxygen atoms in total. The third-order valence-corrected chi connectivity index (χ3v) is 8.61.